The molecule has 1 atom stereocenters. The van der Waals surface area contributed by atoms with Crippen LogP contribution in [0.5, 0.6) is 11.5 Å². The molecule has 0 saturated heterocycles. The standard InChI is InChI=1S/C22H21O2P.Li.H/c1-15-13-16(2)21(17(3)14-15)22(23)25-20-11-9-19(10-12-20)24-18-7-5-4-6-8-18;;/h4-14,25H,1-3H3;;/q;+1;-1. The maximum absolute atomic E-state index is 12.7. The van der Waals surface area contributed by atoms with Gasteiger partial charge >= 0.3 is 18.9 Å². The van der Waals surface area contributed by atoms with Gasteiger partial charge in [0.2, 0.25) is 0 Å². The first-order valence-electron chi connectivity index (χ1n) is 8.25. The van der Waals surface area contributed by atoms with Crippen LogP contribution in [0.15, 0.2) is 66.7 Å². The van der Waals surface area contributed by atoms with Crippen molar-refractivity contribution in [2.24, 2.45) is 0 Å². The van der Waals surface area contributed by atoms with E-state index in [-0.39, 0.29) is 34.4 Å². The molecule has 3 rings (SSSR count). The van der Waals surface area contributed by atoms with E-state index in [1.165, 1.54) is 5.56 Å². The largest absolute Gasteiger partial charge is 1.00 e. The van der Waals surface area contributed by atoms with E-state index in [9.17, 15) is 4.79 Å². The Morgan fingerprint density at radius 1 is 0.846 bits per heavy atom. The van der Waals surface area contributed by atoms with Crippen LogP contribution in [-0.4, -0.2) is 5.52 Å². The molecule has 3 aromatic rings. The molecule has 0 N–H and O–H groups in total. The second kappa shape index (κ2) is 9.20. The van der Waals surface area contributed by atoms with E-state index in [1.807, 2.05) is 68.4 Å². The summed E-state index contributed by atoms with van der Waals surface area (Å²) in [5.74, 6) is 1.58. The van der Waals surface area contributed by atoms with Crippen LogP contribution in [0.1, 0.15) is 28.5 Å². The van der Waals surface area contributed by atoms with Crippen molar-refractivity contribution >= 4 is 19.4 Å². The Labute approximate surface area is 170 Å². The van der Waals surface area contributed by atoms with Gasteiger partial charge in [0.15, 0.2) is 5.52 Å². The second-order valence-corrected chi connectivity index (χ2v) is 7.45. The molecule has 26 heavy (non-hydrogen) atoms. The molecule has 0 aliphatic carbocycles. The number of carbonyl (C=O) groups is 1. The zero-order valence-electron chi connectivity index (χ0n) is 16.7. The third kappa shape index (κ3) is 5.09. The SMILES string of the molecule is Cc1cc(C)c(C(=O)Pc2ccc(Oc3ccccc3)cc2)c(C)c1.[H-].[Li+]. The predicted molar refractivity (Wildman–Crippen MR) is 107 cm³/mol. The van der Waals surface area contributed by atoms with Gasteiger partial charge in [0.1, 0.15) is 11.5 Å². The van der Waals surface area contributed by atoms with Crippen LogP contribution in [0.25, 0.3) is 0 Å². The average molecular weight is 356 g/mol. The third-order valence-corrected chi connectivity index (χ3v) is 5.09. The maximum Gasteiger partial charge on any atom is 1.00 e. The summed E-state index contributed by atoms with van der Waals surface area (Å²) in [7, 11) is 0.115. The number of hydrogen-bond donors (Lipinski definition) is 0. The molecular formula is C22H22LiO2P. The minimum atomic E-state index is 0. The summed E-state index contributed by atoms with van der Waals surface area (Å²) in [5, 5.41) is 1.02. The van der Waals surface area contributed by atoms with Crippen LogP contribution in [-0.2, 0) is 0 Å². The zero-order valence-corrected chi connectivity index (χ0v) is 16.7. The average Bonchev–Trinajstić information content (AvgIpc) is 2.56. The summed E-state index contributed by atoms with van der Waals surface area (Å²) in [5.41, 5.74) is 4.34. The van der Waals surface area contributed by atoms with Crippen LogP contribution < -0.4 is 28.9 Å². The minimum absolute atomic E-state index is 0. The van der Waals surface area contributed by atoms with Crippen LogP contribution in [0.4, 0.5) is 0 Å². The normalized spacial score (nSPS) is 10.6. The van der Waals surface area contributed by atoms with Gasteiger partial charge in [0.25, 0.3) is 0 Å². The fourth-order valence-electron chi connectivity index (χ4n) is 2.96. The van der Waals surface area contributed by atoms with Crippen molar-refractivity contribution in [1.29, 1.82) is 0 Å². The van der Waals surface area contributed by atoms with Gasteiger partial charge in [-0.2, -0.15) is 0 Å². The summed E-state index contributed by atoms with van der Waals surface area (Å²) in [6, 6.07) is 21.6. The Morgan fingerprint density at radius 3 is 1.96 bits per heavy atom. The number of carbonyl (C=O) groups excluding carboxylic acids is 1. The summed E-state index contributed by atoms with van der Waals surface area (Å²) in [4.78, 5) is 12.7. The Morgan fingerprint density at radius 2 is 1.38 bits per heavy atom. The van der Waals surface area contributed by atoms with Crippen molar-refractivity contribution < 1.29 is 29.8 Å². The number of hydrogen-bond acceptors (Lipinski definition) is 2. The third-order valence-electron chi connectivity index (χ3n) is 4.00. The quantitative estimate of drug-likeness (QED) is 0.519. The first kappa shape index (κ1) is 20.5. The van der Waals surface area contributed by atoms with Gasteiger partial charge in [0, 0.05) is 5.56 Å². The maximum atomic E-state index is 12.7. The molecule has 4 heteroatoms. The molecule has 0 aliphatic rings. The molecule has 1 unspecified atom stereocenters. The van der Waals surface area contributed by atoms with Gasteiger partial charge in [0.05, 0.1) is 0 Å². The number of ether oxygens (including phenoxy) is 1. The summed E-state index contributed by atoms with van der Waals surface area (Å²) < 4.78 is 5.79. The number of para-hydroxylation sites is 1. The molecule has 0 radical (unpaired) electrons. The molecule has 0 aliphatic heterocycles. The molecule has 0 fully saturated rings. The van der Waals surface area contributed by atoms with Gasteiger partial charge in [-0.15, -0.1) is 0 Å². The summed E-state index contributed by atoms with van der Waals surface area (Å²) >= 11 is 0. The fourth-order valence-corrected chi connectivity index (χ4v) is 4.08. The molecule has 0 spiro atoms. The van der Waals surface area contributed by atoms with Crippen molar-refractivity contribution in [1.82, 2.24) is 0 Å². The van der Waals surface area contributed by atoms with Crippen molar-refractivity contribution in [3.05, 3.63) is 89.0 Å². The molecule has 0 aromatic heterocycles. The monoisotopic (exact) mass is 356 g/mol. The van der Waals surface area contributed by atoms with E-state index in [1.54, 1.807) is 0 Å². The van der Waals surface area contributed by atoms with Crippen LogP contribution >= 0.6 is 8.58 Å². The van der Waals surface area contributed by atoms with Crippen molar-refractivity contribution in [2.75, 3.05) is 0 Å². The molecule has 0 amide bonds. The molecule has 0 saturated carbocycles. The topological polar surface area (TPSA) is 26.3 Å². The molecule has 128 valence electrons. The van der Waals surface area contributed by atoms with Crippen molar-refractivity contribution in [3.63, 3.8) is 0 Å². The molecule has 0 heterocycles. The molecule has 2 nitrogen and oxygen atoms in total. The van der Waals surface area contributed by atoms with E-state index in [4.69, 9.17) is 4.74 Å². The van der Waals surface area contributed by atoms with E-state index < -0.39 is 0 Å². The smallest absolute Gasteiger partial charge is 1.00 e. The Hall–Kier alpha value is -1.84. The van der Waals surface area contributed by atoms with E-state index in [0.717, 1.165) is 33.5 Å². The Bertz CT molecular complexity index is 873. The van der Waals surface area contributed by atoms with Gasteiger partial charge in [-0.25, -0.2) is 0 Å². The fraction of sp³-hybridized carbons (Fsp3) is 0.136. The minimum Gasteiger partial charge on any atom is -1.00 e. The number of aryl methyl sites for hydroxylation is 3. The summed E-state index contributed by atoms with van der Waals surface area (Å²) in [6.07, 6.45) is 0. The van der Waals surface area contributed by atoms with Crippen molar-refractivity contribution in [3.8, 4) is 11.5 Å². The molecule has 0 bridgehead atoms. The van der Waals surface area contributed by atoms with Crippen LogP contribution in [0.2, 0.25) is 0 Å². The Balaban J connectivity index is 0.00000182. The van der Waals surface area contributed by atoms with Crippen LogP contribution in [0.3, 0.4) is 0 Å². The van der Waals surface area contributed by atoms with Crippen LogP contribution in [0, 0.1) is 20.8 Å². The second-order valence-electron chi connectivity index (χ2n) is 6.17. The molecule has 3 aromatic carbocycles. The van der Waals surface area contributed by atoms with Gasteiger partial charge < -0.3 is 6.16 Å². The molecular weight excluding hydrogens is 334 g/mol. The van der Waals surface area contributed by atoms with Gasteiger partial charge in [-0.1, -0.05) is 48.0 Å². The van der Waals surface area contributed by atoms with E-state index in [2.05, 4.69) is 19.1 Å². The van der Waals surface area contributed by atoms with E-state index in [0.29, 0.717) is 0 Å². The number of benzene rings is 3. The van der Waals surface area contributed by atoms with Gasteiger partial charge in [-0.05, 0) is 70.0 Å². The van der Waals surface area contributed by atoms with Crippen molar-refractivity contribution in [2.45, 2.75) is 20.8 Å². The zero-order chi connectivity index (χ0) is 17.8. The van der Waals surface area contributed by atoms with Gasteiger partial charge in [-0.3, -0.25) is 4.79 Å². The summed E-state index contributed by atoms with van der Waals surface area (Å²) in [6.45, 7) is 6.07. The predicted octanol–water partition coefficient (Wildman–Crippen LogP) is 2.66. The Kier molecular flexibility index (Phi) is 7.24. The number of rotatable bonds is 5. The van der Waals surface area contributed by atoms with E-state index >= 15 is 0 Å². The first-order chi connectivity index (χ1) is 12.0. The first-order valence-corrected chi connectivity index (χ1v) is 9.25.